The molecule has 2 aromatic rings. The van der Waals surface area contributed by atoms with Gasteiger partial charge in [0.25, 0.3) is 0 Å². The van der Waals surface area contributed by atoms with E-state index in [-0.39, 0.29) is 0 Å². The minimum absolute atomic E-state index is 0.660. The molecule has 5 heteroatoms. The maximum Gasteiger partial charge on any atom is 0.154 e. The van der Waals surface area contributed by atoms with Crippen LogP contribution in [0.15, 0.2) is 18.5 Å². The molecule has 0 atom stereocenters. The summed E-state index contributed by atoms with van der Waals surface area (Å²) >= 11 is 3.53. The Morgan fingerprint density at radius 2 is 2.32 bits per heavy atom. The summed E-state index contributed by atoms with van der Waals surface area (Å²) in [6.07, 6.45) is 8.85. The minimum atomic E-state index is 0.660. The highest BCUT2D eigenvalue weighted by Gasteiger charge is 2.27. The Balaban J connectivity index is 1.98. The van der Waals surface area contributed by atoms with Crippen LogP contribution in [0.25, 0.3) is 5.52 Å². The van der Waals surface area contributed by atoms with Crippen LogP contribution in [0.1, 0.15) is 31.4 Å². The Bertz CT molecular complexity index is 562. The van der Waals surface area contributed by atoms with Gasteiger partial charge in [-0.25, -0.2) is 9.50 Å². The minimum Gasteiger partial charge on any atom is -0.352 e. The van der Waals surface area contributed by atoms with Crippen LogP contribution < -0.4 is 4.90 Å². The third kappa shape index (κ3) is 2.48. The summed E-state index contributed by atoms with van der Waals surface area (Å²) in [6, 6.07) is 2.79. The number of hydrogen-bond donors (Lipinski definition) is 0. The second-order valence-corrected chi connectivity index (χ2v) is 5.98. The molecule has 3 rings (SSSR count). The summed E-state index contributed by atoms with van der Waals surface area (Å²) in [5, 5.41) is 5.52. The molecule has 2 heterocycles. The quantitative estimate of drug-likeness (QED) is 0.793. The van der Waals surface area contributed by atoms with Crippen molar-refractivity contribution in [3.63, 3.8) is 0 Å². The lowest BCUT2D eigenvalue weighted by molar-refractivity contribution is 0.384. The number of alkyl halides is 1. The van der Waals surface area contributed by atoms with Gasteiger partial charge in [-0.3, -0.25) is 0 Å². The van der Waals surface area contributed by atoms with E-state index in [2.05, 4.69) is 37.0 Å². The van der Waals surface area contributed by atoms with Gasteiger partial charge in [0.2, 0.25) is 0 Å². The maximum atomic E-state index is 4.63. The number of hydrogen-bond acceptors (Lipinski definition) is 3. The van der Waals surface area contributed by atoms with Crippen LogP contribution in [0.4, 0.5) is 5.82 Å². The Morgan fingerprint density at radius 3 is 3.00 bits per heavy atom. The average Bonchev–Trinajstić information content (AvgIpc) is 2.72. The molecule has 0 N–H and O–H groups in total. The van der Waals surface area contributed by atoms with Gasteiger partial charge in [-0.2, -0.15) is 5.10 Å². The first kappa shape index (κ1) is 12.9. The average molecular weight is 323 g/mol. The molecule has 19 heavy (non-hydrogen) atoms. The van der Waals surface area contributed by atoms with Crippen LogP contribution in [0.3, 0.4) is 0 Å². The van der Waals surface area contributed by atoms with Crippen LogP contribution in [0.5, 0.6) is 0 Å². The first-order valence-corrected chi connectivity index (χ1v) is 8.05. The van der Waals surface area contributed by atoms with Gasteiger partial charge in [0.1, 0.15) is 5.52 Å². The van der Waals surface area contributed by atoms with Gasteiger partial charge >= 0.3 is 0 Å². The summed E-state index contributed by atoms with van der Waals surface area (Å²) in [7, 11) is 0. The van der Waals surface area contributed by atoms with E-state index in [0.717, 1.165) is 35.3 Å². The third-order valence-corrected chi connectivity index (χ3v) is 4.37. The highest BCUT2D eigenvalue weighted by Crippen LogP contribution is 2.31. The molecule has 2 aromatic heterocycles. The molecule has 0 saturated heterocycles. The van der Waals surface area contributed by atoms with Crippen molar-refractivity contribution >= 4 is 27.3 Å². The van der Waals surface area contributed by atoms with Crippen molar-refractivity contribution in [2.75, 3.05) is 16.8 Å². The predicted octanol–water partition coefficient (Wildman–Crippen LogP) is 3.18. The van der Waals surface area contributed by atoms with E-state index in [1.165, 1.54) is 19.3 Å². The summed E-state index contributed by atoms with van der Waals surface area (Å²) in [5.74, 6) is 1.09. The molecule has 1 fully saturated rings. The molecular formula is C14H19BrN4. The van der Waals surface area contributed by atoms with E-state index in [1.807, 2.05) is 23.8 Å². The van der Waals surface area contributed by atoms with Crippen LogP contribution in [-0.4, -0.2) is 32.5 Å². The molecule has 0 radical (unpaired) electrons. The van der Waals surface area contributed by atoms with E-state index in [1.54, 1.807) is 0 Å². The fraction of sp³-hybridized carbons (Fsp3) is 0.571. The monoisotopic (exact) mass is 322 g/mol. The normalized spacial score (nSPS) is 15.7. The van der Waals surface area contributed by atoms with Crippen LogP contribution in [0, 0.1) is 6.92 Å². The molecule has 0 unspecified atom stereocenters. The Kier molecular flexibility index (Phi) is 3.73. The number of rotatable bonds is 5. The lowest BCUT2D eigenvalue weighted by Gasteiger charge is -2.38. The molecule has 1 aliphatic carbocycles. The number of aromatic nitrogens is 3. The predicted molar refractivity (Wildman–Crippen MR) is 81.1 cm³/mol. The highest BCUT2D eigenvalue weighted by molar-refractivity contribution is 9.09. The summed E-state index contributed by atoms with van der Waals surface area (Å²) in [5.41, 5.74) is 2.17. The molecule has 0 amide bonds. The van der Waals surface area contributed by atoms with Crippen molar-refractivity contribution in [2.45, 2.75) is 38.6 Å². The van der Waals surface area contributed by atoms with E-state index in [4.69, 9.17) is 0 Å². The van der Waals surface area contributed by atoms with Crippen molar-refractivity contribution in [3.8, 4) is 0 Å². The lowest BCUT2D eigenvalue weighted by atomic mass is 9.91. The van der Waals surface area contributed by atoms with Crippen molar-refractivity contribution in [1.82, 2.24) is 14.6 Å². The van der Waals surface area contributed by atoms with Crippen LogP contribution in [-0.2, 0) is 0 Å². The summed E-state index contributed by atoms with van der Waals surface area (Å²) in [4.78, 5) is 7.10. The van der Waals surface area contributed by atoms with Gasteiger partial charge < -0.3 is 4.90 Å². The zero-order valence-electron chi connectivity index (χ0n) is 11.2. The fourth-order valence-electron chi connectivity index (χ4n) is 2.64. The van der Waals surface area contributed by atoms with E-state index in [0.29, 0.717) is 6.04 Å². The van der Waals surface area contributed by atoms with Gasteiger partial charge in [0.05, 0.1) is 5.69 Å². The second-order valence-electron chi connectivity index (χ2n) is 5.19. The molecule has 0 spiro atoms. The topological polar surface area (TPSA) is 33.4 Å². The van der Waals surface area contributed by atoms with Crippen LogP contribution in [0.2, 0.25) is 0 Å². The largest absolute Gasteiger partial charge is 0.352 e. The van der Waals surface area contributed by atoms with E-state index >= 15 is 0 Å². The smallest absolute Gasteiger partial charge is 0.154 e. The van der Waals surface area contributed by atoms with Gasteiger partial charge in [-0.1, -0.05) is 15.9 Å². The molecule has 0 bridgehead atoms. The first-order valence-electron chi connectivity index (χ1n) is 6.93. The van der Waals surface area contributed by atoms with E-state index in [9.17, 15) is 0 Å². The zero-order chi connectivity index (χ0) is 13.2. The van der Waals surface area contributed by atoms with Crippen molar-refractivity contribution in [3.05, 3.63) is 24.2 Å². The van der Waals surface area contributed by atoms with E-state index < -0.39 is 0 Å². The third-order valence-electron chi connectivity index (χ3n) is 3.81. The number of aryl methyl sites for hydroxylation is 1. The zero-order valence-corrected chi connectivity index (χ0v) is 12.8. The summed E-state index contributed by atoms with van der Waals surface area (Å²) in [6.45, 7) is 3.09. The molecule has 0 aromatic carbocycles. The molecule has 102 valence electrons. The van der Waals surface area contributed by atoms with Crippen LogP contribution >= 0.6 is 15.9 Å². The lowest BCUT2D eigenvalue weighted by Crippen LogP contribution is -2.41. The van der Waals surface area contributed by atoms with Gasteiger partial charge in [-0.05, 0) is 38.7 Å². The first-order chi connectivity index (χ1) is 9.29. The summed E-state index contributed by atoms with van der Waals surface area (Å²) < 4.78 is 1.94. The maximum absolute atomic E-state index is 4.63. The van der Waals surface area contributed by atoms with Crippen molar-refractivity contribution < 1.29 is 0 Å². The number of fused-ring (bicyclic) bond motifs is 1. The molecule has 1 saturated carbocycles. The molecule has 0 aliphatic heterocycles. The Labute approximate surface area is 121 Å². The second kappa shape index (κ2) is 5.49. The SMILES string of the molecule is Cc1cc2c(N(CCCBr)C3CCC3)nccn2n1. The Hall–Kier alpha value is -1.10. The molecular weight excluding hydrogens is 304 g/mol. The van der Waals surface area contributed by atoms with Gasteiger partial charge in [-0.15, -0.1) is 0 Å². The molecule has 4 nitrogen and oxygen atoms in total. The van der Waals surface area contributed by atoms with Crippen molar-refractivity contribution in [2.24, 2.45) is 0 Å². The Morgan fingerprint density at radius 1 is 1.47 bits per heavy atom. The number of nitrogens with zero attached hydrogens (tertiary/aromatic N) is 4. The fourth-order valence-corrected chi connectivity index (χ4v) is 2.89. The van der Waals surface area contributed by atoms with Gasteiger partial charge in [0, 0.05) is 30.3 Å². The van der Waals surface area contributed by atoms with Crippen molar-refractivity contribution in [1.29, 1.82) is 0 Å². The standard InChI is InChI=1S/C14H19BrN4/c1-11-10-13-14(16-7-9-19(13)17-11)18(8-3-6-15)12-4-2-5-12/h7,9-10,12H,2-6,8H2,1H3. The van der Waals surface area contributed by atoms with Gasteiger partial charge in [0.15, 0.2) is 5.82 Å². The molecule has 1 aliphatic rings. The highest BCUT2D eigenvalue weighted by atomic mass is 79.9. The number of anilines is 1. The number of halogens is 1.